The van der Waals surface area contributed by atoms with Crippen LogP contribution in [0, 0.1) is 24.5 Å². The van der Waals surface area contributed by atoms with Crippen LogP contribution in [0.25, 0.3) is 11.0 Å². The number of carbonyl (C=O) groups excluding carboxylic acids is 1. The molecule has 0 spiro atoms. The van der Waals surface area contributed by atoms with E-state index in [0.717, 1.165) is 66.3 Å². The number of benzene rings is 2. The molecule has 0 bridgehead atoms. The lowest BCUT2D eigenvalue weighted by Crippen LogP contribution is -2.34. The molecule has 3 aromatic heterocycles. The first-order valence-corrected chi connectivity index (χ1v) is 15.6. The van der Waals surface area contributed by atoms with Crippen molar-refractivity contribution in [3.63, 3.8) is 0 Å². The highest BCUT2D eigenvalue weighted by molar-refractivity contribution is 5.93. The second kappa shape index (κ2) is 13.8. The zero-order chi connectivity index (χ0) is 32.2. The van der Waals surface area contributed by atoms with Crippen LogP contribution in [0.15, 0.2) is 61.1 Å². The van der Waals surface area contributed by atoms with Crippen LogP contribution >= 0.6 is 0 Å². The average Bonchev–Trinajstić information content (AvgIpc) is 3.66. The lowest BCUT2D eigenvalue weighted by atomic mass is 9.92. The van der Waals surface area contributed by atoms with Gasteiger partial charge in [-0.3, -0.25) is 4.90 Å². The molecular weight excluding hydrogens is 590 g/mol. The maximum atomic E-state index is 14.5. The monoisotopic (exact) mass is 628 g/mol. The molecule has 1 aliphatic heterocycles. The Labute approximate surface area is 266 Å². The van der Waals surface area contributed by atoms with Gasteiger partial charge in [0, 0.05) is 24.0 Å². The highest BCUT2D eigenvalue weighted by Gasteiger charge is 2.24. The summed E-state index contributed by atoms with van der Waals surface area (Å²) in [7, 11) is 1.38. The van der Waals surface area contributed by atoms with E-state index >= 15 is 0 Å². The summed E-state index contributed by atoms with van der Waals surface area (Å²) in [5, 5.41) is 0. The van der Waals surface area contributed by atoms with E-state index in [1.54, 1.807) is 24.3 Å². The molecule has 9 nitrogen and oxygen atoms in total. The molecule has 1 fully saturated rings. The molecule has 6 rings (SSSR count). The summed E-state index contributed by atoms with van der Waals surface area (Å²) in [4.78, 5) is 28.5. The van der Waals surface area contributed by atoms with Crippen molar-refractivity contribution < 1.29 is 23.0 Å². The van der Waals surface area contributed by atoms with Crippen LogP contribution in [0.1, 0.15) is 58.5 Å². The van der Waals surface area contributed by atoms with E-state index < -0.39 is 5.82 Å². The Morgan fingerprint density at radius 1 is 1.00 bits per heavy atom. The molecule has 0 amide bonds. The van der Waals surface area contributed by atoms with Crippen LogP contribution in [0.4, 0.5) is 8.78 Å². The smallest absolute Gasteiger partial charge is 0.337 e. The van der Waals surface area contributed by atoms with Gasteiger partial charge in [-0.05, 0) is 94.1 Å². The van der Waals surface area contributed by atoms with Crippen LogP contribution in [0.5, 0.6) is 5.88 Å². The molecule has 5 aromatic rings. The number of piperidine rings is 1. The number of hydrogen-bond acceptors (Lipinski definition) is 7. The van der Waals surface area contributed by atoms with Gasteiger partial charge in [0.05, 0.1) is 48.8 Å². The standard InChI is InChI=1S/C35H38F2N6O3/c1-4-42-22-38-18-28(42)19-43-32-17-25(35(44)45-3)7-10-31(32)40-33(43)20-41-13-11-24(12-14-41)16-27-8-9-29(36)34(39-27)46-21-26-6-5-23(2)15-30(26)37/h5-10,15,17-18,22,24H,4,11-14,16,19-21H2,1-3H3. The number of ether oxygens (including phenoxy) is 2. The minimum Gasteiger partial charge on any atom is -0.471 e. The number of rotatable bonds is 11. The number of nitrogens with zero attached hydrogens (tertiary/aromatic N) is 6. The first-order chi connectivity index (χ1) is 22.3. The third kappa shape index (κ3) is 6.94. The zero-order valence-electron chi connectivity index (χ0n) is 26.4. The number of pyridine rings is 1. The Hall–Kier alpha value is -4.64. The first-order valence-electron chi connectivity index (χ1n) is 15.6. The number of imidazole rings is 2. The molecule has 240 valence electrons. The van der Waals surface area contributed by atoms with Crippen LogP contribution in [-0.2, 0) is 37.4 Å². The third-order valence-electron chi connectivity index (χ3n) is 8.72. The fourth-order valence-electron chi connectivity index (χ4n) is 6.08. The van der Waals surface area contributed by atoms with E-state index in [-0.39, 0.29) is 24.3 Å². The summed E-state index contributed by atoms with van der Waals surface area (Å²) in [5.41, 5.74) is 5.18. The van der Waals surface area contributed by atoms with Crippen molar-refractivity contribution in [2.75, 3.05) is 20.2 Å². The predicted octanol–water partition coefficient (Wildman–Crippen LogP) is 6.10. The molecule has 0 radical (unpaired) electrons. The molecule has 4 heterocycles. The van der Waals surface area contributed by atoms with Crippen molar-refractivity contribution in [3.8, 4) is 5.88 Å². The van der Waals surface area contributed by atoms with Crippen LogP contribution < -0.4 is 4.74 Å². The van der Waals surface area contributed by atoms with Gasteiger partial charge in [-0.15, -0.1) is 0 Å². The van der Waals surface area contributed by atoms with Gasteiger partial charge in [0.25, 0.3) is 5.88 Å². The Morgan fingerprint density at radius 2 is 1.83 bits per heavy atom. The summed E-state index contributed by atoms with van der Waals surface area (Å²) in [6.45, 7) is 7.62. The summed E-state index contributed by atoms with van der Waals surface area (Å²) < 4.78 is 43.6. The number of halogens is 2. The molecule has 0 aliphatic carbocycles. The minimum absolute atomic E-state index is 0.0898. The second-order valence-electron chi connectivity index (χ2n) is 11.9. The van der Waals surface area contributed by atoms with E-state index in [4.69, 9.17) is 14.5 Å². The molecule has 0 saturated carbocycles. The fourth-order valence-corrected chi connectivity index (χ4v) is 6.08. The Morgan fingerprint density at radius 3 is 2.59 bits per heavy atom. The topological polar surface area (TPSA) is 87.3 Å². The van der Waals surface area contributed by atoms with Crippen molar-refractivity contribution >= 4 is 17.0 Å². The van der Waals surface area contributed by atoms with Crippen molar-refractivity contribution in [2.24, 2.45) is 5.92 Å². The second-order valence-corrected chi connectivity index (χ2v) is 11.9. The van der Waals surface area contributed by atoms with E-state index in [1.807, 2.05) is 31.6 Å². The number of hydrogen-bond donors (Lipinski definition) is 0. The van der Waals surface area contributed by atoms with Gasteiger partial charge in [0.1, 0.15) is 18.2 Å². The lowest BCUT2D eigenvalue weighted by molar-refractivity contribution is 0.0601. The van der Waals surface area contributed by atoms with Crippen LogP contribution in [0.3, 0.4) is 0 Å². The highest BCUT2D eigenvalue weighted by Crippen LogP contribution is 2.27. The van der Waals surface area contributed by atoms with Gasteiger partial charge in [-0.25, -0.2) is 28.5 Å². The quantitative estimate of drug-likeness (QED) is 0.163. The zero-order valence-corrected chi connectivity index (χ0v) is 26.4. The van der Waals surface area contributed by atoms with Gasteiger partial charge in [-0.1, -0.05) is 12.1 Å². The first kappa shape index (κ1) is 31.3. The van der Waals surface area contributed by atoms with Gasteiger partial charge >= 0.3 is 5.97 Å². The van der Waals surface area contributed by atoms with Crippen molar-refractivity contribution in [2.45, 2.75) is 59.4 Å². The molecule has 1 saturated heterocycles. The minimum atomic E-state index is -0.560. The average molecular weight is 629 g/mol. The predicted molar refractivity (Wildman–Crippen MR) is 169 cm³/mol. The summed E-state index contributed by atoms with van der Waals surface area (Å²) >= 11 is 0. The lowest BCUT2D eigenvalue weighted by Gasteiger charge is -2.31. The van der Waals surface area contributed by atoms with Crippen molar-refractivity contribution in [1.29, 1.82) is 0 Å². The maximum absolute atomic E-state index is 14.5. The normalized spacial score (nSPS) is 14.2. The Balaban J connectivity index is 1.12. The third-order valence-corrected chi connectivity index (χ3v) is 8.72. The number of fused-ring (bicyclic) bond motifs is 1. The van der Waals surface area contributed by atoms with Gasteiger partial charge in [-0.2, -0.15) is 0 Å². The maximum Gasteiger partial charge on any atom is 0.337 e. The van der Waals surface area contributed by atoms with Crippen LogP contribution in [0.2, 0.25) is 0 Å². The number of aryl methyl sites for hydroxylation is 2. The van der Waals surface area contributed by atoms with Crippen molar-refractivity contribution in [3.05, 3.63) is 107 Å². The summed E-state index contributed by atoms with van der Waals surface area (Å²) in [6, 6.07) is 13.4. The number of likely N-dealkylation sites (tertiary alicyclic amines) is 1. The molecule has 2 aromatic carbocycles. The molecule has 0 unspecified atom stereocenters. The number of methoxy groups -OCH3 is 1. The Kier molecular flexibility index (Phi) is 9.39. The highest BCUT2D eigenvalue weighted by atomic mass is 19.1. The largest absolute Gasteiger partial charge is 0.471 e. The van der Waals surface area contributed by atoms with Gasteiger partial charge < -0.3 is 18.6 Å². The van der Waals surface area contributed by atoms with E-state index in [9.17, 15) is 13.6 Å². The molecule has 46 heavy (non-hydrogen) atoms. The summed E-state index contributed by atoms with van der Waals surface area (Å²) in [5.74, 6) is -0.115. The molecular formula is C35H38F2N6O3. The SMILES string of the molecule is CCn1cncc1Cn1c(CN2CCC(Cc3ccc(F)c(OCc4ccc(C)cc4F)n3)CC2)nc2ccc(C(=O)OC)cc21. The Bertz CT molecular complexity index is 1840. The van der Waals surface area contributed by atoms with E-state index in [2.05, 4.69) is 30.9 Å². The molecule has 1 aliphatic rings. The van der Waals surface area contributed by atoms with Crippen molar-refractivity contribution in [1.82, 2.24) is 29.0 Å². The number of carbonyl (C=O) groups is 1. The molecule has 11 heteroatoms. The molecule has 0 atom stereocenters. The number of aromatic nitrogens is 5. The molecule has 0 N–H and O–H groups in total. The van der Waals surface area contributed by atoms with E-state index in [1.165, 1.54) is 19.2 Å². The van der Waals surface area contributed by atoms with E-state index in [0.29, 0.717) is 36.6 Å². The fraction of sp³-hybridized carbons (Fsp3) is 0.371. The van der Waals surface area contributed by atoms with Gasteiger partial charge in [0.2, 0.25) is 0 Å². The number of esters is 1. The summed E-state index contributed by atoms with van der Waals surface area (Å²) in [6.07, 6.45) is 6.32. The van der Waals surface area contributed by atoms with Crippen LogP contribution in [-0.4, -0.2) is 55.2 Å². The van der Waals surface area contributed by atoms with Gasteiger partial charge in [0.15, 0.2) is 5.82 Å².